The van der Waals surface area contributed by atoms with E-state index in [4.69, 9.17) is 0 Å². The van der Waals surface area contributed by atoms with Gasteiger partial charge in [0, 0.05) is 26.2 Å². The molecule has 0 spiro atoms. The van der Waals surface area contributed by atoms with E-state index in [1.165, 1.54) is 0 Å². The first-order valence-corrected chi connectivity index (χ1v) is 10.4. The van der Waals surface area contributed by atoms with Crippen molar-refractivity contribution in [1.29, 1.82) is 0 Å². The fourth-order valence-corrected chi connectivity index (χ4v) is 5.83. The van der Waals surface area contributed by atoms with E-state index in [1.54, 1.807) is 29.0 Å². The summed E-state index contributed by atoms with van der Waals surface area (Å²) in [6.07, 6.45) is 4.95. The Labute approximate surface area is 140 Å². The molecule has 2 aromatic rings. The molecule has 2 aliphatic rings. The SMILES string of the molecule is CN(C1CCN(c2ncnc3sccc23)CC1)S(=O)(=O)C1CC1. The first-order chi connectivity index (χ1) is 11.1. The summed E-state index contributed by atoms with van der Waals surface area (Å²) in [5, 5.41) is 3.00. The van der Waals surface area contributed by atoms with E-state index in [2.05, 4.69) is 20.9 Å². The van der Waals surface area contributed by atoms with Crippen molar-refractivity contribution in [3.63, 3.8) is 0 Å². The first-order valence-electron chi connectivity index (χ1n) is 7.97. The van der Waals surface area contributed by atoms with Gasteiger partial charge < -0.3 is 4.90 Å². The van der Waals surface area contributed by atoms with Gasteiger partial charge in [0.1, 0.15) is 17.0 Å². The molecule has 1 aliphatic heterocycles. The van der Waals surface area contributed by atoms with Crippen LogP contribution in [0.25, 0.3) is 10.2 Å². The van der Waals surface area contributed by atoms with Crippen molar-refractivity contribution in [2.45, 2.75) is 37.0 Å². The lowest BCUT2D eigenvalue weighted by Crippen LogP contribution is -2.46. The number of thiophene rings is 1. The Morgan fingerprint density at radius 3 is 2.65 bits per heavy atom. The average Bonchev–Trinajstić information content (AvgIpc) is 3.32. The molecular formula is C15H20N4O2S2. The molecule has 6 nitrogen and oxygen atoms in total. The lowest BCUT2D eigenvalue weighted by molar-refractivity contribution is 0.311. The van der Waals surface area contributed by atoms with Crippen molar-refractivity contribution in [2.24, 2.45) is 0 Å². The third-order valence-corrected chi connectivity index (χ3v) is 8.10. The highest BCUT2D eigenvalue weighted by molar-refractivity contribution is 7.90. The second kappa shape index (κ2) is 5.68. The third-order valence-electron chi connectivity index (χ3n) is 4.87. The van der Waals surface area contributed by atoms with Gasteiger partial charge in [-0.05, 0) is 37.1 Å². The van der Waals surface area contributed by atoms with Gasteiger partial charge in [-0.2, -0.15) is 0 Å². The number of piperidine rings is 1. The van der Waals surface area contributed by atoms with Crippen LogP contribution in [0.3, 0.4) is 0 Å². The highest BCUT2D eigenvalue weighted by Gasteiger charge is 2.41. The molecule has 0 radical (unpaired) electrons. The van der Waals surface area contributed by atoms with Crippen molar-refractivity contribution < 1.29 is 8.42 Å². The minimum atomic E-state index is -3.08. The number of hydrogen-bond donors (Lipinski definition) is 0. The number of aromatic nitrogens is 2. The molecule has 1 saturated heterocycles. The smallest absolute Gasteiger partial charge is 0.216 e. The summed E-state index contributed by atoms with van der Waals surface area (Å²) in [4.78, 5) is 12.0. The number of rotatable bonds is 4. The fourth-order valence-electron chi connectivity index (χ4n) is 3.28. The quantitative estimate of drug-likeness (QED) is 0.843. The van der Waals surface area contributed by atoms with E-state index in [0.29, 0.717) is 0 Å². The maximum absolute atomic E-state index is 12.4. The van der Waals surface area contributed by atoms with Crippen molar-refractivity contribution in [1.82, 2.24) is 14.3 Å². The van der Waals surface area contributed by atoms with Crippen molar-refractivity contribution in [3.05, 3.63) is 17.8 Å². The second-order valence-electron chi connectivity index (χ2n) is 6.32. The van der Waals surface area contributed by atoms with Crippen molar-refractivity contribution in [3.8, 4) is 0 Å². The predicted molar refractivity (Wildman–Crippen MR) is 92.4 cm³/mol. The normalized spacial score (nSPS) is 20.5. The molecule has 0 N–H and O–H groups in total. The Bertz CT molecular complexity index is 808. The summed E-state index contributed by atoms with van der Waals surface area (Å²) >= 11 is 1.62. The third kappa shape index (κ3) is 2.72. The molecule has 2 fully saturated rings. The van der Waals surface area contributed by atoms with E-state index in [-0.39, 0.29) is 11.3 Å². The Balaban J connectivity index is 1.48. The summed E-state index contributed by atoms with van der Waals surface area (Å²) in [7, 11) is -1.34. The highest BCUT2D eigenvalue weighted by Crippen LogP contribution is 2.34. The largest absolute Gasteiger partial charge is 0.356 e. The molecule has 0 atom stereocenters. The molecule has 3 heterocycles. The Morgan fingerprint density at radius 1 is 1.22 bits per heavy atom. The monoisotopic (exact) mass is 352 g/mol. The van der Waals surface area contributed by atoms with Gasteiger partial charge >= 0.3 is 0 Å². The molecule has 4 rings (SSSR count). The standard InChI is InChI=1S/C15H20N4O2S2/c1-18(23(20,21)12-2-3-12)11-4-7-19(8-5-11)14-13-6-9-22-15(13)17-10-16-14/h6,9-12H,2-5,7-8H2,1H3. The number of nitrogens with zero attached hydrogens (tertiary/aromatic N) is 4. The van der Waals surface area contributed by atoms with Gasteiger partial charge in [0.2, 0.25) is 10.0 Å². The molecule has 8 heteroatoms. The van der Waals surface area contributed by atoms with Crippen LogP contribution in [0.5, 0.6) is 0 Å². The number of fused-ring (bicyclic) bond motifs is 1. The molecule has 124 valence electrons. The molecule has 23 heavy (non-hydrogen) atoms. The Hall–Kier alpha value is -1.25. The van der Waals surface area contributed by atoms with E-state index < -0.39 is 10.0 Å². The van der Waals surface area contributed by atoms with Crippen LogP contribution in [0.2, 0.25) is 0 Å². The van der Waals surface area contributed by atoms with Gasteiger partial charge in [-0.3, -0.25) is 0 Å². The molecule has 0 unspecified atom stereocenters. The van der Waals surface area contributed by atoms with Crippen LogP contribution in [0, 0.1) is 0 Å². The molecule has 1 saturated carbocycles. The van der Waals surface area contributed by atoms with Crippen LogP contribution >= 0.6 is 11.3 Å². The lowest BCUT2D eigenvalue weighted by atomic mass is 10.1. The minimum Gasteiger partial charge on any atom is -0.356 e. The van der Waals surface area contributed by atoms with E-state index in [0.717, 1.165) is 54.8 Å². The maximum Gasteiger partial charge on any atom is 0.216 e. The molecular weight excluding hydrogens is 332 g/mol. The molecule has 1 aliphatic carbocycles. The topological polar surface area (TPSA) is 66.4 Å². The Morgan fingerprint density at radius 2 is 1.96 bits per heavy atom. The van der Waals surface area contributed by atoms with Gasteiger partial charge in [-0.1, -0.05) is 0 Å². The van der Waals surface area contributed by atoms with Gasteiger partial charge in [0.05, 0.1) is 10.6 Å². The van der Waals surface area contributed by atoms with Gasteiger partial charge in [0.15, 0.2) is 0 Å². The summed E-state index contributed by atoms with van der Waals surface area (Å²) in [5.41, 5.74) is 0. The minimum absolute atomic E-state index is 0.108. The zero-order valence-corrected chi connectivity index (χ0v) is 14.7. The van der Waals surface area contributed by atoms with Gasteiger partial charge in [-0.25, -0.2) is 22.7 Å². The number of hydrogen-bond acceptors (Lipinski definition) is 6. The van der Waals surface area contributed by atoms with Crippen LogP contribution in [-0.4, -0.2) is 54.1 Å². The average molecular weight is 352 g/mol. The molecule has 0 aromatic carbocycles. The first kappa shape index (κ1) is 15.3. The maximum atomic E-state index is 12.4. The fraction of sp³-hybridized carbons (Fsp3) is 0.600. The molecule has 2 aromatic heterocycles. The summed E-state index contributed by atoms with van der Waals surface area (Å²) in [6.45, 7) is 1.66. The van der Waals surface area contributed by atoms with Gasteiger partial charge in [-0.15, -0.1) is 11.3 Å². The van der Waals surface area contributed by atoms with Crippen LogP contribution in [0.15, 0.2) is 17.8 Å². The summed E-state index contributed by atoms with van der Waals surface area (Å²) < 4.78 is 26.4. The van der Waals surface area contributed by atoms with Gasteiger partial charge in [0.25, 0.3) is 0 Å². The number of sulfonamides is 1. The molecule has 0 amide bonds. The lowest BCUT2D eigenvalue weighted by Gasteiger charge is -2.36. The highest BCUT2D eigenvalue weighted by atomic mass is 32.2. The zero-order chi connectivity index (χ0) is 16.0. The Kier molecular flexibility index (Phi) is 3.78. The van der Waals surface area contributed by atoms with E-state index in [9.17, 15) is 8.42 Å². The summed E-state index contributed by atoms with van der Waals surface area (Å²) in [5.74, 6) is 0.974. The van der Waals surface area contributed by atoms with Crippen molar-refractivity contribution >= 4 is 37.4 Å². The predicted octanol–water partition coefficient (Wildman–Crippen LogP) is 2.08. The zero-order valence-electron chi connectivity index (χ0n) is 13.1. The number of anilines is 1. The van der Waals surface area contributed by atoms with E-state index >= 15 is 0 Å². The second-order valence-corrected chi connectivity index (χ2v) is 9.48. The van der Waals surface area contributed by atoms with Crippen molar-refractivity contribution in [2.75, 3.05) is 25.0 Å². The van der Waals surface area contributed by atoms with Crippen LogP contribution < -0.4 is 4.90 Å². The van der Waals surface area contributed by atoms with Crippen LogP contribution in [0.4, 0.5) is 5.82 Å². The molecule has 0 bridgehead atoms. The van der Waals surface area contributed by atoms with Crippen LogP contribution in [-0.2, 0) is 10.0 Å². The van der Waals surface area contributed by atoms with Crippen LogP contribution in [0.1, 0.15) is 25.7 Å². The van der Waals surface area contributed by atoms with E-state index in [1.807, 2.05) is 5.38 Å². The summed E-state index contributed by atoms with van der Waals surface area (Å²) in [6, 6.07) is 2.17.